The predicted molar refractivity (Wildman–Crippen MR) is 84.2 cm³/mol. The molecule has 0 bridgehead atoms. The second-order valence-corrected chi connectivity index (χ2v) is 6.36. The van der Waals surface area contributed by atoms with Gasteiger partial charge in [0.25, 0.3) is 0 Å². The monoisotopic (exact) mass is 296 g/mol. The van der Waals surface area contributed by atoms with Crippen LogP contribution in [0.25, 0.3) is 0 Å². The number of rotatable bonds is 8. The third-order valence-corrected chi connectivity index (χ3v) is 4.41. The molecule has 0 aromatic heterocycles. The normalized spacial score (nSPS) is 18.2. The Labute approximate surface area is 127 Å². The Kier molecular flexibility index (Phi) is 5.44. The minimum absolute atomic E-state index is 0.0203. The number of ether oxygens (including phenoxy) is 1. The van der Waals surface area contributed by atoms with Crippen molar-refractivity contribution in [3.05, 3.63) is 34.9 Å². The molecule has 3 nitrogen and oxygen atoms in total. The molecule has 1 unspecified atom stereocenters. The molecule has 112 valence electrons. The molecule has 0 saturated heterocycles. The van der Waals surface area contributed by atoms with E-state index in [-0.39, 0.29) is 5.54 Å². The highest BCUT2D eigenvalue weighted by molar-refractivity contribution is 6.30. The van der Waals surface area contributed by atoms with Crippen LogP contribution in [-0.4, -0.2) is 43.3 Å². The lowest BCUT2D eigenvalue weighted by molar-refractivity contribution is 0.0635. The standard InChI is InChI=1S/C16H25ClN2O/c1-16(12-18,11-13-3-5-14(17)6-4-13)19(9-10-20-2)15-7-8-15/h3-6,15H,7-12,18H2,1-2H3. The van der Waals surface area contributed by atoms with Crippen LogP contribution in [0.5, 0.6) is 0 Å². The van der Waals surface area contributed by atoms with Gasteiger partial charge in [0, 0.05) is 36.8 Å². The molecule has 2 N–H and O–H groups in total. The van der Waals surface area contributed by atoms with Gasteiger partial charge in [-0.2, -0.15) is 0 Å². The molecule has 0 amide bonds. The van der Waals surface area contributed by atoms with Crippen molar-refractivity contribution in [1.29, 1.82) is 0 Å². The van der Waals surface area contributed by atoms with E-state index >= 15 is 0 Å². The first-order chi connectivity index (χ1) is 9.59. The molecule has 0 radical (unpaired) electrons. The molecule has 1 aromatic carbocycles. The highest BCUT2D eigenvalue weighted by atomic mass is 35.5. The van der Waals surface area contributed by atoms with Crippen LogP contribution >= 0.6 is 11.6 Å². The number of nitrogens with two attached hydrogens (primary N) is 1. The molecule has 1 aliphatic carbocycles. The first-order valence-corrected chi connectivity index (χ1v) is 7.67. The smallest absolute Gasteiger partial charge is 0.0590 e. The Balaban J connectivity index is 2.10. The zero-order valence-electron chi connectivity index (χ0n) is 12.4. The summed E-state index contributed by atoms with van der Waals surface area (Å²) in [6.45, 7) is 4.61. The average molecular weight is 297 g/mol. The van der Waals surface area contributed by atoms with Gasteiger partial charge in [-0.05, 0) is 43.9 Å². The molecule has 0 aliphatic heterocycles. The van der Waals surface area contributed by atoms with E-state index in [1.54, 1.807) is 7.11 Å². The Bertz CT molecular complexity index is 419. The zero-order valence-corrected chi connectivity index (χ0v) is 13.2. The maximum absolute atomic E-state index is 6.11. The van der Waals surface area contributed by atoms with E-state index in [4.69, 9.17) is 22.1 Å². The van der Waals surface area contributed by atoms with Gasteiger partial charge in [0.2, 0.25) is 0 Å². The summed E-state index contributed by atoms with van der Waals surface area (Å²) in [5, 5.41) is 0.779. The molecule has 4 heteroatoms. The minimum Gasteiger partial charge on any atom is -0.383 e. The van der Waals surface area contributed by atoms with Gasteiger partial charge in [-0.1, -0.05) is 23.7 Å². The highest BCUT2D eigenvalue weighted by Crippen LogP contribution is 2.34. The molecule has 1 saturated carbocycles. The Morgan fingerprint density at radius 1 is 1.35 bits per heavy atom. The molecule has 1 fully saturated rings. The van der Waals surface area contributed by atoms with E-state index in [0.29, 0.717) is 12.6 Å². The van der Waals surface area contributed by atoms with Gasteiger partial charge in [-0.15, -0.1) is 0 Å². The predicted octanol–water partition coefficient (Wildman–Crippen LogP) is 2.71. The topological polar surface area (TPSA) is 38.5 Å². The Morgan fingerprint density at radius 2 is 2.00 bits per heavy atom. The number of hydrogen-bond acceptors (Lipinski definition) is 3. The summed E-state index contributed by atoms with van der Waals surface area (Å²) in [5.41, 5.74) is 7.38. The van der Waals surface area contributed by atoms with Crippen molar-refractivity contribution in [1.82, 2.24) is 4.90 Å². The highest BCUT2D eigenvalue weighted by Gasteiger charge is 2.40. The van der Waals surface area contributed by atoms with Crippen molar-refractivity contribution in [2.24, 2.45) is 5.73 Å². The number of halogens is 1. The van der Waals surface area contributed by atoms with Crippen molar-refractivity contribution in [3.8, 4) is 0 Å². The van der Waals surface area contributed by atoms with Crippen molar-refractivity contribution in [2.45, 2.75) is 37.8 Å². The minimum atomic E-state index is -0.0203. The Morgan fingerprint density at radius 3 is 2.50 bits per heavy atom. The fourth-order valence-electron chi connectivity index (χ4n) is 2.80. The number of hydrogen-bond donors (Lipinski definition) is 1. The lowest BCUT2D eigenvalue weighted by atomic mass is 9.90. The summed E-state index contributed by atoms with van der Waals surface area (Å²) in [5.74, 6) is 0. The maximum atomic E-state index is 6.11. The fourth-order valence-corrected chi connectivity index (χ4v) is 2.93. The lowest BCUT2D eigenvalue weighted by Crippen LogP contribution is -2.55. The first kappa shape index (κ1) is 15.8. The van der Waals surface area contributed by atoms with Crippen molar-refractivity contribution >= 4 is 11.6 Å². The van der Waals surface area contributed by atoms with Gasteiger partial charge < -0.3 is 10.5 Å². The van der Waals surface area contributed by atoms with Crippen LogP contribution in [0.4, 0.5) is 0 Å². The molecule has 1 atom stereocenters. The largest absolute Gasteiger partial charge is 0.383 e. The summed E-state index contributed by atoms with van der Waals surface area (Å²) < 4.78 is 5.26. The quantitative estimate of drug-likeness (QED) is 0.801. The SMILES string of the molecule is COCCN(C1CC1)C(C)(CN)Cc1ccc(Cl)cc1. The van der Waals surface area contributed by atoms with E-state index in [2.05, 4.69) is 24.0 Å². The molecular formula is C16H25ClN2O. The fraction of sp³-hybridized carbons (Fsp3) is 0.625. The summed E-state index contributed by atoms with van der Waals surface area (Å²) >= 11 is 5.96. The third-order valence-electron chi connectivity index (χ3n) is 4.16. The van der Waals surface area contributed by atoms with Crippen molar-refractivity contribution in [3.63, 3.8) is 0 Å². The van der Waals surface area contributed by atoms with Gasteiger partial charge in [0.15, 0.2) is 0 Å². The Hall–Kier alpha value is -0.610. The average Bonchev–Trinajstić information content (AvgIpc) is 3.26. The maximum Gasteiger partial charge on any atom is 0.0590 e. The lowest BCUT2D eigenvalue weighted by Gasteiger charge is -2.41. The van der Waals surface area contributed by atoms with Gasteiger partial charge in [-0.25, -0.2) is 0 Å². The van der Waals surface area contributed by atoms with E-state index in [1.165, 1.54) is 18.4 Å². The molecule has 0 spiro atoms. The second-order valence-electron chi connectivity index (χ2n) is 5.92. The van der Waals surface area contributed by atoms with Crippen LogP contribution < -0.4 is 5.73 Å². The van der Waals surface area contributed by atoms with E-state index in [9.17, 15) is 0 Å². The third kappa shape index (κ3) is 3.95. The molecule has 2 rings (SSSR count). The summed E-state index contributed by atoms with van der Waals surface area (Å²) in [7, 11) is 1.75. The number of methoxy groups -OCH3 is 1. The van der Waals surface area contributed by atoms with Crippen LogP contribution in [0.15, 0.2) is 24.3 Å². The van der Waals surface area contributed by atoms with E-state index in [0.717, 1.165) is 24.6 Å². The van der Waals surface area contributed by atoms with Crippen molar-refractivity contribution in [2.75, 3.05) is 26.8 Å². The molecular weight excluding hydrogens is 272 g/mol. The van der Waals surface area contributed by atoms with Crippen molar-refractivity contribution < 1.29 is 4.74 Å². The molecule has 20 heavy (non-hydrogen) atoms. The molecule has 0 heterocycles. The van der Waals surface area contributed by atoms with Gasteiger partial charge >= 0.3 is 0 Å². The second kappa shape index (κ2) is 6.90. The first-order valence-electron chi connectivity index (χ1n) is 7.29. The number of nitrogens with zero attached hydrogens (tertiary/aromatic N) is 1. The van der Waals surface area contributed by atoms with Gasteiger partial charge in [-0.3, -0.25) is 4.90 Å². The number of benzene rings is 1. The van der Waals surface area contributed by atoms with Crippen LogP contribution in [0.2, 0.25) is 5.02 Å². The van der Waals surface area contributed by atoms with Crippen LogP contribution in [0.1, 0.15) is 25.3 Å². The van der Waals surface area contributed by atoms with E-state index < -0.39 is 0 Å². The van der Waals surface area contributed by atoms with Gasteiger partial charge in [0.1, 0.15) is 0 Å². The summed E-state index contributed by atoms with van der Waals surface area (Å²) in [6, 6.07) is 8.76. The molecule has 1 aliphatic rings. The summed E-state index contributed by atoms with van der Waals surface area (Å²) in [4.78, 5) is 2.53. The summed E-state index contributed by atoms with van der Waals surface area (Å²) in [6.07, 6.45) is 3.50. The van der Waals surface area contributed by atoms with Gasteiger partial charge in [0.05, 0.1) is 6.61 Å². The zero-order chi connectivity index (χ0) is 14.6. The van der Waals surface area contributed by atoms with Crippen LogP contribution in [0, 0.1) is 0 Å². The van der Waals surface area contributed by atoms with E-state index in [1.807, 2.05) is 12.1 Å². The van der Waals surface area contributed by atoms with Crippen LogP contribution in [-0.2, 0) is 11.2 Å². The van der Waals surface area contributed by atoms with Crippen LogP contribution in [0.3, 0.4) is 0 Å². The molecule has 1 aromatic rings.